The van der Waals surface area contributed by atoms with Gasteiger partial charge < -0.3 is 10.4 Å². The maximum Gasteiger partial charge on any atom is 0.320 e. The van der Waals surface area contributed by atoms with Crippen molar-refractivity contribution in [1.82, 2.24) is 9.88 Å². The first kappa shape index (κ1) is 16.4. The minimum absolute atomic E-state index is 0.0821. The lowest BCUT2D eigenvalue weighted by Crippen LogP contribution is -2.48. The number of carbonyl (C=O) groups excluding carboxylic acids is 1. The number of rotatable bonds is 5. The standard InChI is InChI=1S/C16H23N3O3/c1-3-13(16(21)22)19-8-4-5-12(10-19)15(20)18-14-7-6-11(2)9-17-14/h6-7,9,12-13H,3-5,8,10H2,1-2H3,(H,21,22)(H,17,18,20)/t12-,13+/m0/s1. The molecular formula is C16H23N3O3. The molecular weight excluding hydrogens is 282 g/mol. The van der Waals surface area contributed by atoms with Crippen LogP contribution in [-0.4, -0.2) is 46.0 Å². The zero-order valence-electron chi connectivity index (χ0n) is 13.1. The highest BCUT2D eigenvalue weighted by molar-refractivity contribution is 5.92. The van der Waals surface area contributed by atoms with Crippen molar-refractivity contribution in [2.75, 3.05) is 18.4 Å². The van der Waals surface area contributed by atoms with E-state index in [0.29, 0.717) is 18.8 Å². The van der Waals surface area contributed by atoms with E-state index in [1.807, 2.05) is 24.8 Å². The second-order valence-corrected chi connectivity index (χ2v) is 5.81. The maximum atomic E-state index is 12.4. The molecule has 1 fully saturated rings. The van der Waals surface area contributed by atoms with E-state index < -0.39 is 12.0 Å². The van der Waals surface area contributed by atoms with Gasteiger partial charge in [-0.2, -0.15) is 0 Å². The highest BCUT2D eigenvalue weighted by Crippen LogP contribution is 2.21. The summed E-state index contributed by atoms with van der Waals surface area (Å²) in [6, 6.07) is 3.17. The van der Waals surface area contributed by atoms with Gasteiger partial charge in [0.15, 0.2) is 0 Å². The Hall–Kier alpha value is -1.95. The molecule has 1 aromatic rings. The number of anilines is 1. The van der Waals surface area contributed by atoms with E-state index in [0.717, 1.165) is 24.9 Å². The molecule has 0 spiro atoms. The molecule has 0 bridgehead atoms. The Kier molecular flexibility index (Phi) is 5.49. The van der Waals surface area contributed by atoms with Crippen molar-refractivity contribution in [1.29, 1.82) is 0 Å². The number of carboxylic acids is 1. The third-order valence-electron chi connectivity index (χ3n) is 4.10. The van der Waals surface area contributed by atoms with Crippen LogP contribution < -0.4 is 5.32 Å². The Balaban J connectivity index is 1.97. The lowest BCUT2D eigenvalue weighted by atomic mass is 9.95. The van der Waals surface area contributed by atoms with Crippen molar-refractivity contribution in [2.45, 2.75) is 39.2 Å². The Morgan fingerprint density at radius 2 is 2.27 bits per heavy atom. The van der Waals surface area contributed by atoms with E-state index in [-0.39, 0.29) is 11.8 Å². The summed E-state index contributed by atoms with van der Waals surface area (Å²) in [6.07, 6.45) is 3.87. The lowest BCUT2D eigenvalue weighted by Gasteiger charge is -2.35. The molecule has 0 unspecified atom stereocenters. The Morgan fingerprint density at radius 3 is 2.86 bits per heavy atom. The van der Waals surface area contributed by atoms with Crippen molar-refractivity contribution >= 4 is 17.7 Å². The van der Waals surface area contributed by atoms with Gasteiger partial charge in [-0.15, -0.1) is 0 Å². The van der Waals surface area contributed by atoms with Crippen LogP contribution in [0, 0.1) is 12.8 Å². The lowest BCUT2D eigenvalue weighted by molar-refractivity contribution is -0.145. The molecule has 1 aromatic heterocycles. The van der Waals surface area contributed by atoms with Gasteiger partial charge in [-0.1, -0.05) is 13.0 Å². The fraction of sp³-hybridized carbons (Fsp3) is 0.562. The summed E-state index contributed by atoms with van der Waals surface area (Å²) < 4.78 is 0. The average molecular weight is 305 g/mol. The summed E-state index contributed by atoms with van der Waals surface area (Å²) in [4.78, 5) is 29.7. The molecule has 0 aromatic carbocycles. The number of hydrogen-bond acceptors (Lipinski definition) is 4. The van der Waals surface area contributed by atoms with Gasteiger partial charge in [0.2, 0.25) is 5.91 Å². The molecule has 2 atom stereocenters. The molecule has 2 N–H and O–H groups in total. The van der Waals surface area contributed by atoms with Crippen molar-refractivity contribution in [3.05, 3.63) is 23.9 Å². The number of nitrogens with zero attached hydrogens (tertiary/aromatic N) is 2. The molecule has 6 heteroatoms. The SMILES string of the molecule is CC[C@H](C(=O)O)N1CCC[C@H](C(=O)Nc2ccc(C)cn2)C1. The number of pyridine rings is 1. The van der Waals surface area contributed by atoms with E-state index in [1.165, 1.54) is 0 Å². The molecule has 1 saturated heterocycles. The first-order chi connectivity index (χ1) is 10.5. The molecule has 1 amide bonds. The fourth-order valence-corrected chi connectivity index (χ4v) is 2.86. The van der Waals surface area contributed by atoms with E-state index >= 15 is 0 Å². The van der Waals surface area contributed by atoms with Gasteiger partial charge in [-0.3, -0.25) is 14.5 Å². The zero-order chi connectivity index (χ0) is 16.1. The first-order valence-corrected chi connectivity index (χ1v) is 7.71. The van der Waals surface area contributed by atoms with Crippen LogP contribution in [0.2, 0.25) is 0 Å². The van der Waals surface area contributed by atoms with Crippen LogP contribution in [0.15, 0.2) is 18.3 Å². The normalized spacial score (nSPS) is 20.4. The van der Waals surface area contributed by atoms with Gasteiger partial charge in [0, 0.05) is 12.7 Å². The Morgan fingerprint density at radius 1 is 1.50 bits per heavy atom. The highest BCUT2D eigenvalue weighted by atomic mass is 16.4. The minimum atomic E-state index is -0.816. The highest BCUT2D eigenvalue weighted by Gasteiger charge is 2.32. The first-order valence-electron chi connectivity index (χ1n) is 7.71. The number of carbonyl (C=O) groups is 2. The molecule has 1 aliphatic heterocycles. The summed E-state index contributed by atoms with van der Waals surface area (Å²) in [6.45, 7) is 5.02. The second-order valence-electron chi connectivity index (χ2n) is 5.81. The topological polar surface area (TPSA) is 82.5 Å². The maximum absolute atomic E-state index is 12.4. The largest absolute Gasteiger partial charge is 0.480 e. The molecule has 120 valence electrons. The predicted molar refractivity (Wildman–Crippen MR) is 83.6 cm³/mol. The van der Waals surface area contributed by atoms with Gasteiger partial charge in [-0.05, 0) is 44.4 Å². The predicted octanol–water partition coefficient (Wildman–Crippen LogP) is 1.90. The summed E-state index contributed by atoms with van der Waals surface area (Å²) in [5, 5.41) is 12.1. The average Bonchev–Trinajstić information content (AvgIpc) is 2.50. The zero-order valence-corrected chi connectivity index (χ0v) is 13.1. The van der Waals surface area contributed by atoms with Crippen LogP contribution in [0.4, 0.5) is 5.82 Å². The third kappa shape index (κ3) is 4.04. The monoisotopic (exact) mass is 305 g/mol. The van der Waals surface area contributed by atoms with Crippen LogP contribution in [0.1, 0.15) is 31.7 Å². The van der Waals surface area contributed by atoms with Gasteiger partial charge in [0.05, 0.1) is 5.92 Å². The van der Waals surface area contributed by atoms with Gasteiger partial charge in [0.25, 0.3) is 0 Å². The fourth-order valence-electron chi connectivity index (χ4n) is 2.86. The van der Waals surface area contributed by atoms with E-state index in [2.05, 4.69) is 10.3 Å². The van der Waals surface area contributed by atoms with Crippen molar-refractivity contribution in [2.24, 2.45) is 5.92 Å². The third-order valence-corrected chi connectivity index (χ3v) is 4.10. The quantitative estimate of drug-likeness (QED) is 0.868. The minimum Gasteiger partial charge on any atom is -0.480 e. The Bertz CT molecular complexity index is 530. The van der Waals surface area contributed by atoms with E-state index in [4.69, 9.17) is 0 Å². The van der Waals surface area contributed by atoms with Crippen molar-refractivity contribution < 1.29 is 14.7 Å². The van der Waals surface area contributed by atoms with Crippen molar-refractivity contribution in [3.63, 3.8) is 0 Å². The van der Waals surface area contributed by atoms with Crippen LogP contribution in [0.25, 0.3) is 0 Å². The molecule has 2 heterocycles. The molecule has 0 saturated carbocycles. The van der Waals surface area contributed by atoms with Crippen LogP contribution >= 0.6 is 0 Å². The molecule has 22 heavy (non-hydrogen) atoms. The smallest absolute Gasteiger partial charge is 0.320 e. The number of aliphatic carboxylic acids is 1. The number of carboxylic acid groups (broad SMARTS) is 1. The molecule has 0 radical (unpaired) electrons. The van der Waals surface area contributed by atoms with Crippen LogP contribution in [0.3, 0.4) is 0 Å². The number of hydrogen-bond donors (Lipinski definition) is 2. The summed E-state index contributed by atoms with van der Waals surface area (Å²) in [5.41, 5.74) is 1.04. The molecule has 1 aliphatic rings. The van der Waals surface area contributed by atoms with Crippen LogP contribution in [0.5, 0.6) is 0 Å². The number of aromatic nitrogens is 1. The summed E-state index contributed by atoms with van der Waals surface area (Å²) in [5.74, 6) is -0.548. The number of amides is 1. The van der Waals surface area contributed by atoms with E-state index in [1.54, 1.807) is 12.3 Å². The van der Waals surface area contributed by atoms with Gasteiger partial charge >= 0.3 is 5.97 Å². The van der Waals surface area contributed by atoms with Gasteiger partial charge in [0.1, 0.15) is 11.9 Å². The number of aryl methyl sites for hydroxylation is 1. The number of likely N-dealkylation sites (tertiary alicyclic amines) is 1. The second kappa shape index (κ2) is 7.35. The number of nitrogens with one attached hydrogen (secondary N) is 1. The molecule has 0 aliphatic carbocycles. The van der Waals surface area contributed by atoms with Crippen molar-refractivity contribution in [3.8, 4) is 0 Å². The van der Waals surface area contributed by atoms with E-state index in [9.17, 15) is 14.7 Å². The summed E-state index contributed by atoms with van der Waals surface area (Å²) >= 11 is 0. The summed E-state index contributed by atoms with van der Waals surface area (Å²) in [7, 11) is 0. The van der Waals surface area contributed by atoms with Crippen LogP contribution in [-0.2, 0) is 9.59 Å². The number of piperidine rings is 1. The Labute approximate surface area is 130 Å². The molecule has 2 rings (SSSR count). The van der Waals surface area contributed by atoms with Gasteiger partial charge in [-0.25, -0.2) is 4.98 Å². The molecule has 6 nitrogen and oxygen atoms in total.